The third-order valence-electron chi connectivity index (χ3n) is 4.05. The summed E-state index contributed by atoms with van der Waals surface area (Å²) in [6, 6.07) is 15.1. The van der Waals surface area contributed by atoms with Crippen molar-refractivity contribution < 1.29 is 13.9 Å². The molecule has 0 atom stereocenters. The number of hydrogen-bond acceptors (Lipinski definition) is 5. The average Bonchev–Trinajstić information content (AvgIpc) is 2.68. The van der Waals surface area contributed by atoms with Crippen LogP contribution in [-0.2, 0) is 6.42 Å². The first-order valence-corrected chi connectivity index (χ1v) is 8.83. The molecule has 1 aromatic heterocycles. The van der Waals surface area contributed by atoms with Gasteiger partial charge in [0.25, 0.3) is 5.91 Å². The average molecular weight is 380 g/mol. The Kier molecular flexibility index (Phi) is 6.16. The number of nitrogens with one attached hydrogen (secondary N) is 2. The zero-order valence-corrected chi connectivity index (χ0v) is 15.7. The van der Waals surface area contributed by atoms with Gasteiger partial charge in [0.05, 0.1) is 7.11 Å². The summed E-state index contributed by atoms with van der Waals surface area (Å²) in [5.74, 6) is 0.996. The first-order valence-electron chi connectivity index (χ1n) is 8.83. The Hall–Kier alpha value is -3.48. The number of aryl methyl sites for hydroxylation is 1. The standard InChI is InChI=1S/C21H21FN4O2/c1-14-24-18(21(27)26-17-8-5-7-16(22)12-17)13-20(25-14)23-11-10-15-6-3-4-9-19(15)28-2/h3-9,12-13H,10-11H2,1-2H3,(H,26,27)(H,23,24,25). The summed E-state index contributed by atoms with van der Waals surface area (Å²) < 4.78 is 18.6. The predicted octanol–water partition coefficient (Wildman–Crippen LogP) is 3.84. The molecule has 3 rings (SSSR count). The number of rotatable bonds is 7. The zero-order valence-electron chi connectivity index (χ0n) is 15.7. The molecule has 0 fully saturated rings. The van der Waals surface area contributed by atoms with Gasteiger partial charge in [-0.3, -0.25) is 4.79 Å². The number of methoxy groups -OCH3 is 1. The van der Waals surface area contributed by atoms with E-state index in [-0.39, 0.29) is 5.69 Å². The van der Waals surface area contributed by atoms with Crippen LogP contribution in [0.4, 0.5) is 15.9 Å². The second-order valence-electron chi connectivity index (χ2n) is 6.14. The maximum atomic E-state index is 13.3. The molecule has 1 heterocycles. The molecule has 2 aromatic carbocycles. The number of amides is 1. The minimum atomic E-state index is -0.427. The fraction of sp³-hybridized carbons (Fsp3) is 0.190. The molecule has 0 aliphatic heterocycles. The third-order valence-corrected chi connectivity index (χ3v) is 4.05. The quantitative estimate of drug-likeness (QED) is 0.651. The largest absolute Gasteiger partial charge is 0.496 e. The number of ether oxygens (including phenoxy) is 1. The molecule has 3 aromatic rings. The van der Waals surface area contributed by atoms with Crippen molar-refractivity contribution >= 4 is 17.4 Å². The van der Waals surface area contributed by atoms with Crippen LogP contribution in [-0.4, -0.2) is 29.5 Å². The maximum absolute atomic E-state index is 13.3. The van der Waals surface area contributed by atoms with Crippen molar-refractivity contribution in [2.45, 2.75) is 13.3 Å². The first-order chi connectivity index (χ1) is 13.5. The van der Waals surface area contributed by atoms with Gasteiger partial charge >= 0.3 is 0 Å². The smallest absolute Gasteiger partial charge is 0.274 e. The molecule has 0 saturated carbocycles. The van der Waals surface area contributed by atoms with E-state index in [4.69, 9.17) is 4.74 Å². The Balaban J connectivity index is 1.66. The van der Waals surface area contributed by atoms with Crippen LogP contribution in [0.25, 0.3) is 0 Å². The Labute approximate surface area is 162 Å². The molecule has 6 nitrogen and oxygen atoms in total. The van der Waals surface area contributed by atoms with Crippen LogP contribution in [0.3, 0.4) is 0 Å². The van der Waals surface area contributed by atoms with Crippen LogP contribution in [0, 0.1) is 12.7 Å². The van der Waals surface area contributed by atoms with Gasteiger partial charge in [0.15, 0.2) is 0 Å². The Bertz CT molecular complexity index is 978. The lowest BCUT2D eigenvalue weighted by Gasteiger charge is -2.11. The van der Waals surface area contributed by atoms with Gasteiger partial charge < -0.3 is 15.4 Å². The lowest BCUT2D eigenvalue weighted by Crippen LogP contribution is -2.16. The van der Waals surface area contributed by atoms with Crippen LogP contribution in [0.5, 0.6) is 5.75 Å². The molecule has 0 radical (unpaired) electrons. The Morgan fingerprint density at radius 1 is 1.11 bits per heavy atom. The maximum Gasteiger partial charge on any atom is 0.274 e. The summed E-state index contributed by atoms with van der Waals surface area (Å²) in [6.45, 7) is 2.33. The molecular weight excluding hydrogens is 359 g/mol. The monoisotopic (exact) mass is 380 g/mol. The van der Waals surface area contributed by atoms with E-state index in [9.17, 15) is 9.18 Å². The highest BCUT2D eigenvalue weighted by Gasteiger charge is 2.11. The van der Waals surface area contributed by atoms with Crippen LogP contribution >= 0.6 is 0 Å². The van der Waals surface area contributed by atoms with E-state index in [1.165, 1.54) is 18.2 Å². The van der Waals surface area contributed by atoms with Gasteiger partial charge in [-0.1, -0.05) is 24.3 Å². The van der Waals surface area contributed by atoms with Gasteiger partial charge in [-0.05, 0) is 43.2 Å². The molecule has 0 aliphatic rings. The molecule has 2 N–H and O–H groups in total. The van der Waals surface area contributed by atoms with Gasteiger partial charge in [-0.15, -0.1) is 0 Å². The number of nitrogens with zero attached hydrogens (tertiary/aromatic N) is 2. The lowest BCUT2D eigenvalue weighted by atomic mass is 10.1. The molecule has 0 spiro atoms. The van der Waals surface area contributed by atoms with E-state index in [1.54, 1.807) is 26.2 Å². The summed E-state index contributed by atoms with van der Waals surface area (Å²) >= 11 is 0. The van der Waals surface area contributed by atoms with Crippen LogP contribution < -0.4 is 15.4 Å². The van der Waals surface area contributed by atoms with Gasteiger partial charge in [0.2, 0.25) is 0 Å². The van der Waals surface area contributed by atoms with E-state index < -0.39 is 11.7 Å². The van der Waals surface area contributed by atoms with Crippen molar-refractivity contribution in [2.75, 3.05) is 24.3 Å². The molecule has 0 saturated heterocycles. The summed E-state index contributed by atoms with van der Waals surface area (Å²) in [4.78, 5) is 20.9. The summed E-state index contributed by atoms with van der Waals surface area (Å²) in [5.41, 5.74) is 1.65. The molecular formula is C21H21FN4O2. The highest BCUT2D eigenvalue weighted by atomic mass is 19.1. The van der Waals surface area contributed by atoms with Crippen LogP contribution in [0.1, 0.15) is 21.9 Å². The number of benzene rings is 2. The van der Waals surface area contributed by atoms with Crippen molar-refractivity contribution in [1.82, 2.24) is 9.97 Å². The van der Waals surface area contributed by atoms with Gasteiger partial charge in [-0.2, -0.15) is 0 Å². The SMILES string of the molecule is COc1ccccc1CCNc1cc(C(=O)Nc2cccc(F)c2)nc(C)n1. The fourth-order valence-corrected chi connectivity index (χ4v) is 2.77. The number of anilines is 2. The number of carbonyl (C=O) groups excluding carboxylic acids is 1. The van der Waals surface area contributed by atoms with E-state index in [0.29, 0.717) is 23.9 Å². The third kappa shape index (κ3) is 5.03. The summed E-state index contributed by atoms with van der Waals surface area (Å²) in [6.07, 6.45) is 0.734. The van der Waals surface area contributed by atoms with Crippen molar-refractivity contribution in [3.05, 3.63) is 77.5 Å². The van der Waals surface area contributed by atoms with E-state index >= 15 is 0 Å². The fourth-order valence-electron chi connectivity index (χ4n) is 2.77. The van der Waals surface area contributed by atoms with Crippen molar-refractivity contribution in [3.8, 4) is 5.75 Å². The lowest BCUT2D eigenvalue weighted by molar-refractivity contribution is 0.102. The normalized spacial score (nSPS) is 10.4. The predicted molar refractivity (Wildman–Crippen MR) is 106 cm³/mol. The zero-order chi connectivity index (χ0) is 19.9. The second kappa shape index (κ2) is 8.94. The number of para-hydroxylation sites is 1. The summed E-state index contributed by atoms with van der Waals surface area (Å²) in [7, 11) is 1.64. The minimum Gasteiger partial charge on any atom is -0.496 e. The van der Waals surface area contributed by atoms with Gasteiger partial charge in [0.1, 0.15) is 28.9 Å². The van der Waals surface area contributed by atoms with Gasteiger partial charge in [-0.25, -0.2) is 14.4 Å². The van der Waals surface area contributed by atoms with Crippen LogP contribution in [0.15, 0.2) is 54.6 Å². The van der Waals surface area contributed by atoms with E-state index in [0.717, 1.165) is 17.7 Å². The van der Waals surface area contributed by atoms with Crippen molar-refractivity contribution in [3.63, 3.8) is 0 Å². The molecule has 0 aliphatic carbocycles. The molecule has 0 bridgehead atoms. The number of aromatic nitrogens is 2. The van der Waals surface area contributed by atoms with Crippen molar-refractivity contribution in [1.29, 1.82) is 0 Å². The molecule has 7 heteroatoms. The highest BCUT2D eigenvalue weighted by Crippen LogP contribution is 2.18. The second-order valence-corrected chi connectivity index (χ2v) is 6.14. The van der Waals surface area contributed by atoms with E-state index in [1.807, 2.05) is 24.3 Å². The van der Waals surface area contributed by atoms with E-state index in [2.05, 4.69) is 20.6 Å². The minimum absolute atomic E-state index is 0.205. The number of hydrogen-bond donors (Lipinski definition) is 2. The number of halogens is 1. The molecule has 28 heavy (non-hydrogen) atoms. The Morgan fingerprint density at radius 2 is 1.93 bits per heavy atom. The topological polar surface area (TPSA) is 76.1 Å². The first kappa shape index (κ1) is 19.3. The number of carbonyl (C=O) groups is 1. The summed E-state index contributed by atoms with van der Waals surface area (Å²) in [5, 5.41) is 5.84. The molecule has 1 amide bonds. The molecule has 144 valence electrons. The molecule has 0 unspecified atom stereocenters. The Morgan fingerprint density at radius 3 is 2.71 bits per heavy atom. The van der Waals surface area contributed by atoms with Gasteiger partial charge in [0, 0.05) is 18.3 Å². The van der Waals surface area contributed by atoms with Crippen LogP contribution in [0.2, 0.25) is 0 Å². The highest BCUT2D eigenvalue weighted by molar-refractivity contribution is 6.03. The van der Waals surface area contributed by atoms with Crippen molar-refractivity contribution in [2.24, 2.45) is 0 Å².